The van der Waals surface area contributed by atoms with E-state index in [1.165, 1.54) is 29.5 Å². The van der Waals surface area contributed by atoms with Crippen molar-refractivity contribution in [3.8, 4) is 0 Å². The second kappa shape index (κ2) is 2.83. The van der Waals surface area contributed by atoms with Crippen molar-refractivity contribution in [3.05, 3.63) is 34.3 Å². The van der Waals surface area contributed by atoms with E-state index in [9.17, 15) is 0 Å². The number of likely N-dealkylation sites (N-methyl/N-ethyl adjacent to an activating group) is 1. The van der Waals surface area contributed by atoms with Crippen LogP contribution in [0, 0.1) is 5.92 Å². The summed E-state index contributed by atoms with van der Waals surface area (Å²) in [6, 6.07) is 8.89. The summed E-state index contributed by atoms with van der Waals surface area (Å²) in [7, 11) is 2.23. The Morgan fingerprint density at radius 1 is 1.36 bits per heavy atom. The summed E-state index contributed by atoms with van der Waals surface area (Å²) in [5, 5.41) is 0. The summed E-state index contributed by atoms with van der Waals surface area (Å²) in [6.07, 6.45) is 1.40. The van der Waals surface area contributed by atoms with Gasteiger partial charge in [-0.3, -0.25) is 0 Å². The molecule has 1 aromatic rings. The van der Waals surface area contributed by atoms with Gasteiger partial charge < -0.3 is 4.90 Å². The zero-order valence-electron chi connectivity index (χ0n) is 8.33. The number of hydrogen-bond donors (Lipinski definition) is 0. The molecule has 1 saturated heterocycles. The molecule has 0 N–H and O–H groups in total. The maximum absolute atomic E-state index is 3.49. The monoisotopic (exact) mass is 251 g/mol. The van der Waals surface area contributed by atoms with Gasteiger partial charge in [0.15, 0.2) is 0 Å². The number of piperidine rings is 1. The zero-order valence-corrected chi connectivity index (χ0v) is 9.92. The van der Waals surface area contributed by atoms with E-state index in [2.05, 4.69) is 52.1 Å². The maximum Gasteiger partial charge on any atom is 0.0175 e. The van der Waals surface area contributed by atoms with Crippen LogP contribution in [-0.4, -0.2) is 25.0 Å². The summed E-state index contributed by atoms with van der Waals surface area (Å²) in [6.45, 7) is 2.54. The van der Waals surface area contributed by atoms with Crippen LogP contribution in [0.4, 0.5) is 0 Å². The van der Waals surface area contributed by atoms with Crippen molar-refractivity contribution in [3.63, 3.8) is 0 Å². The molecule has 2 fully saturated rings. The third-order valence-corrected chi connectivity index (χ3v) is 4.26. The third kappa shape index (κ3) is 1.17. The van der Waals surface area contributed by atoms with Crippen LogP contribution in [0.25, 0.3) is 0 Å². The fourth-order valence-electron chi connectivity index (χ4n) is 2.96. The van der Waals surface area contributed by atoms with Gasteiger partial charge in [-0.15, -0.1) is 0 Å². The Hall–Kier alpha value is -0.340. The summed E-state index contributed by atoms with van der Waals surface area (Å²) >= 11 is 3.49. The highest BCUT2D eigenvalue weighted by molar-refractivity contribution is 9.10. The van der Waals surface area contributed by atoms with Crippen LogP contribution in [0.5, 0.6) is 0 Å². The fourth-order valence-corrected chi connectivity index (χ4v) is 3.23. The lowest BCUT2D eigenvalue weighted by atomic mass is 9.95. The first kappa shape index (κ1) is 8.93. The van der Waals surface area contributed by atoms with Crippen LogP contribution in [0.2, 0.25) is 0 Å². The molecule has 1 heterocycles. The highest BCUT2D eigenvalue weighted by Crippen LogP contribution is 2.58. The van der Waals surface area contributed by atoms with Crippen molar-refractivity contribution in [2.75, 3.05) is 20.1 Å². The number of hydrogen-bond acceptors (Lipinski definition) is 1. The van der Waals surface area contributed by atoms with E-state index in [1.54, 1.807) is 0 Å². The van der Waals surface area contributed by atoms with Crippen LogP contribution >= 0.6 is 15.9 Å². The van der Waals surface area contributed by atoms with Crippen molar-refractivity contribution >= 4 is 15.9 Å². The van der Waals surface area contributed by atoms with Gasteiger partial charge in [0.25, 0.3) is 0 Å². The Morgan fingerprint density at radius 3 is 2.64 bits per heavy atom. The van der Waals surface area contributed by atoms with Crippen molar-refractivity contribution in [1.82, 2.24) is 4.90 Å². The highest BCUT2D eigenvalue weighted by Gasteiger charge is 2.59. The molecule has 2 aliphatic rings. The van der Waals surface area contributed by atoms with E-state index in [0.717, 1.165) is 5.92 Å². The summed E-state index contributed by atoms with van der Waals surface area (Å²) in [5.74, 6) is 0.925. The minimum absolute atomic E-state index is 0.523. The Balaban J connectivity index is 1.93. The fraction of sp³-hybridized carbons (Fsp3) is 0.500. The van der Waals surface area contributed by atoms with E-state index in [-0.39, 0.29) is 0 Å². The van der Waals surface area contributed by atoms with Crippen molar-refractivity contribution in [1.29, 1.82) is 0 Å². The molecule has 0 bridgehead atoms. The molecule has 1 unspecified atom stereocenters. The lowest BCUT2D eigenvalue weighted by molar-refractivity contribution is 0.363. The summed E-state index contributed by atoms with van der Waals surface area (Å²) < 4.78 is 1.18. The number of benzene rings is 1. The minimum Gasteiger partial charge on any atom is -0.305 e. The third-order valence-electron chi connectivity index (χ3n) is 3.74. The SMILES string of the molecule is CN1C[C@H]2CC2(c2ccc(Br)cc2)C1. The Labute approximate surface area is 93.2 Å². The Kier molecular flexibility index (Phi) is 1.80. The van der Waals surface area contributed by atoms with Crippen LogP contribution < -0.4 is 0 Å². The molecular formula is C12H14BrN. The Morgan fingerprint density at radius 2 is 2.07 bits per heavy atom. The number of halogens is 1. The van der Waals surface area contributed by atoms with Gasteiger partial charge >= 0.3 is 0 Å². The summed E-state index contributed by atoms with van der Waals surface area (Å²) in [4.78, 5) is 2.45. The molecule has 0 aromatic heterocycles. The molecule has 0 radical (unpaired) electrons. The molecule has 2 heteroatoms. The molecule has 0 spiro atoms. The van der Waals surface area contributed by atoms with E-state index < -0.39 is 0 Å². The van der Waals surface area contributed by atoms with Gasteiger partial charge in [-0.25, -0.2) is 0 Å². The molecule has 1 nitrogen and oxygen atoms in total. The molecule has 14 heavy (non-hydrogen) atoms. The molecular weight excluding hydrogens is 238 g/mol. The predicted molar refractivity (Wildman–Crippen MR) is 61.4 cm³/mol. The number of nitrogens with zero attached hydrogens (tertiary/aromatic N) is 1. The first-order valence-corrected chi connectivity index (χ1v) is 5.95. The smallest absolute Gasteiger partial charge is 0.0175 e. The van der Waals surface area contributed by atoms with Gasteiger partial charge in [0.05, 0.1) is 0 Å². The van der Waals surface area contributed by atoms with Gasteiger partial charge in [0.2, 0.25) is 0 Å². The highest BCUT2D eigenvalue weighted by atomic mass is 79.9. The molecule has 74 valence electrons. The van der Waals surface area contributed by atoms with Crippen molar-refractivity contribution < 1.29 is 0 Å². The van der Waals surface area contributed by atoms with E-state index in [0.29, 0.717) is 5.41 Å². The lowest BCUT2D eigenvalue weighted by Gasteiger charge is -2.16. The maximum atomic E-state index is 3.49. The van der Waals surface area contributed by atoms with Gasteiger partial charge in [0, 0.05) is 23.0 Å². The molecule has 3 rings (SSSR count). The second-order valence-corrected chi connectivity index (χ2v) is 5.68. The molecule has 1 aliphatic carbocycles. The zero-order chi connectivity index (χ0) is 9.76. The van der Waals surface area contributed by atoms with Crippen molar-refractivity contribution in [2.24, 2.45) is 5.92 Å². The minimum atomic E-state index is 0.523. The van der Waals surface area contributed by atoms with E-state index in [4.69, 9.17) is 0 Å². The van der Waals surface area contributed by atoms with E-state index in [1.807, 2.05) is 0 Å². The van der Waals surface area contributed by atoms with Crippen LogP contribution in [0.1, 0.15) is 12.0 Å². The standard InChI is InChI=1S/C12H14BrN/c1-14-7-10-6-12(10,8-14)9-2-4-11(13)5-3-9/h2-5,10H,6-8H2,1H3/t10-,12?/m1/s1. The average molecular weight is 252 g/mol. The number of fused-ring (bicyclic) bond motifs is 1. The normalized spacial score (nSPS) is 35.7. The summed E-state index contributed by atoms with van der Waals surface area (Å²) in [5.41, 5.74) is 2.06. The van der Waals surface area contributed by atoms with Gasteiger partial charge in [-0.2, -0.15) is 0 Å². The van der Waals surface area contributed by atoms with Gasteiger partial charge in [-0.05, 0) is 37.1 Å². The molecule has 1 aromatic carbocycles. The first-order valence-electron chi connectivity index (χ1n) is 5.15. The molecule has 1 saturated carbocycles. The first-order chi connectivity index (χ1) is 6.71. The number of rotatable bonds is 1. The topological polar surface area (TPSA) is 3.24 Å². The van der Waals surface area contributed by atoms with Crippen LogP contribution in [0.3, 0.4) is 0 Å². The van der Waals surface area contributed by atoms with Gasteiger partial charge in [0.1, 0.15) is 0 Å². The Bertz CT molecular complexity index is 359. The van der Waals surface area contributed by atoms with Crippen LogP contribution in [0.15, 0.2) is 28.7 Å². The van der Waals surface area contributed by atoms with Gasteiger partial charge in [-0.1, -0.05) is 28.1 Å². The average Bonchev–Trinajstić information content (AvgIpc) is 2.71. The molecule has 0 amide bonds. The molecule has 2 atom stereocenters. The number of likely N-dealkylation sites (tertiary alicyclic amines) is 1. The largest absolute Gasteiger partial charge is 0.305 e. The second-order valence-electron chi connectivity index (χ2n) is 4.76. The quantitative estimate of drug-likeness (QED) is 0.742. The van der Waals surface area contributed by atoms with E-state index >= 15 is 0 Å². The lowest BCUT2D eigenvalue weighted by Crippen LogP contribution is -2.22. The predicted octanol–water partition coefficient (Wildman–Crippen LogP) is 2.65. The molecule has 1 aliphatic heterocycles. The van der Waals surface area contributed by atoms with Crippen LogP contribution in [-0.2, 0) is 5.41 Å². The van der Waals surface area contributed by atoms with Crippen molar-refractivity contribution in [2.45, 2.75) is 11.8 Å².